The van der Waals surface area contributed by atoms with E-state index in [4.69, 9.17) is 9.47 Å². The minimum atomic E-state index is -0.105. The molecule has 1 fully saturated rings. The number of rotatable bonds is 5. The highest BCUT2D eigenvalue weighted by atomic mass is 16.5. The monoisotopic (exact) mass is 335 g/mol. The highest BCUT2D eigenvalue weighted by Crippen LogP contribution is 2.29. The molecule has 1 aliphatic carbocycles. The zero-order valence-electron chi connectivity index (χ0n) is 14.1. The Morgan fingerprint density at radius 3 is 2.88 bits per heavy atom. The van der Waals surface area contributed by atoms with Gasteiger partial charge < -0.3 is 14.4 Å². The largest absolute Gasteiger partial charge is 0.490 e. The molecular weight excluding hydrogens is 314 g/mol. The van der Waals surface area contributed by atoms with Crippen molar-refractivity contribution in [3.63, 3.8) is 0 Å². The maximum absolute atomic E-state index is 12.1. The summed E-state index contributed by atoms with van der Waals surface area (Å²) in [5.41, 5.74) is 3.59. The summed E-state index contributed by atoms with van der Waals surface area (Å²) in [5, 5.41) is 0. The van der Waals surface area contributed by atoms with Crippen molar-refractivity contribution in [2.24, 2.45) is 0 Å². The van der Waals surface area contributed by atoms with Crippen LogP contribution in [0.1, 0.15) is 16.7 Å². The van der Waals surface area contributed by atoms with Gasteiger partial charge in [0.25, 0.3) is 0 Å². The maximum Gasteiger partial charge on any atom is 0.248 e. The zero-order chi connectivity index (χ0) is 17.1. The number of hydrogen-bond donors (Lipinski definition) is 0. The van der Waals surface area contributed by atoms with Crippen LogP contribution in [0.5, 0.6) is 5.75 Å². The molecule has 25 heavy (non-hydrogen) atoms. The Morgan fingerprint density at radius 2 is 2.00 bits per heavy atom. The average molecular weight is 335 g/mol. The number of amides is 1. The molecule has 0 spiro atoms. The van der Waals surface area contributed by atoms with Crippen LogP contribution >= 0.6 is 0 Å². The first-order valence-corrected chi connectivity index (χ1v) is 8.64. The molecule has 1 amide bonds. The summed E-state index contributed by atoms with van der Waals surface area (Å²) in [6.07, 6.45) is 5.08. The molecule has 1 unspecified atom stereocenters. The number of morpholine rings is 1. The number of nitrogens with zero attached hydrogens (tertiary/aromatic N) is 1. The molecule has 4 nitrogen and oxygen atoms in total. The van der Waals surface area contributed by atoms with Gasteiger partial charge in [-0.2, -0.15) is 0 Å². The van der Waals surface area contributed by atoms with E-state index >= 15 is 0 Å². The summed E-state index contributed by atoms with van der Waals surface area (Å²) in [6, 6.07) is 16.1. The molecule has 1 aliphatic heterocycles. The lowest BCUT2D eigenvalue weighted by molar-refractivity contribution is -0.151. The Hall–Kier alpha value is -2.59. The van der Waals surface area contributed by atoms with E-state index in [0.29, 0.717) is 19.7 Å². The van der Waals surface area contributed by atoms with E-state index in [1.807, 2.05) is 47.4 Å². The fourth-order valence-corrected chi connectivity index (χ4v) is 3.32. The lowest BCUT2D eigenvalue weighted by Crippen LogP contribution is -2.48. The van der Waals surface area contributed by atoms with Crippen molar-refractivity contribution in [2.45, 2.75) is 19.1 Å². The Labute approximate surface area is 147 Å². The molecule has 4 heteroatoms. The van der Waals surface area contributed by atoms with Crippen LogP contribution in [0.4, 0.5) is 0 Å². The molecule has 0 radical (unpaired) electrons. The fourth-order valence-electron chi connectivity index (χ4n) is 3.32. The van der Waals surface area contributed by atoms with Gasteiger partial charge in [-0.1, -0.05) is 54.6 Å². The summed E-state index contributed by atoms with van der Waals surface area (Å²) in [7, 11) is 0. The average Bonchev–Trinajstić information content (AvgIpc) is 3.12. The predicted octanol–water partition coefficient (Wildman–Crippen LogP) is 3.06. The third-order valence-electron chi connectivity index (χ3n) is 4.65. The van der Waals surface area contributed by atoms with Gasteiger partial charge in [0.1, 0.15) is 25.1 Å². The lowest BCUT2D eigenvalue weighted by Gasteiger charge is -2.32. The molecular formula is C21H21NO3. The minimum Gasteiger partial charge on any atom is -0.490 e. The molecule has 128 valence electrons. The van der Waals surface area contributed by atoms with Gasteiger partial charge in [-0.25, -0.2) is 0 Å². The van der Waals surface area contributed by atoms with Gasteiger partial charge in [-0.15, -0.1) is 0 Å². The van der Waals surface area contributed by atoms with Crippen LogP contribution in [0.3, 0.4) is 0 Å². The van der Waals surface area contributed by atoms with Crippen LogP contribution in [0.25, 0.3) is 6.08 Å². The van der Waals surface area contributed by atoms with Crippen LogP contribution in [0.15, 0.2) is 54.6 Å². The molecule has 1 heterocycles. The number of ether oxygens (including phenoxy) is 2. The summed E-state index contributed by atoms with van der Waals surface area (Å²) in [6.45, 7) is 1.75. The Bertz CT molecular complexity index is 785. The first-order chi connectivity index (χ1) is 12.3. The highest BCUT2D eigenvalue weighted by molar-refractivity contribution is 5.78. The maximum atomic E-state index is 12.1. The van der Waals surface area contributed by atoms with E-state index in [0.717, 1.165) is 17.7 Å². The van der Waals surface area contributed by atoms with E-state index in [1.165, 1.54) is 11.1 Å². The zero-order valence-corrected chi connectivity index (χ0v) is 14.1. The van der Waals surface area contributed by atoms with E-state index < -0.39 is 0 Å². The molecule has 1 atom stereocenters. The van der Waals surface area contributed by atoms with Crippen molar-refractivity contribution in [1.29, 1.82) is 0 Å². The first-order valence-electron chi connectivity index (χ1n) is 8.64. The summed E-state index contributed by atoms with van der Waals surface area (Å²) in [5.74, 6) is 0.947. The van der Waals surface area contributed by atoms with E-state index in [2.05, 4.69) is 18.2 Å². The Kier molecular flexibility index (Phi) is 4.53. The van der Waals surface area contributed by atoms with Crippen molar-refractivity contribution < 1.29 is 14.3 Å². The number of hydrogen-bond acceptors (Lipinski definition) is 3. The number of fused-ring (bicyclic) bond motifs is 1. The summed E-state index contributed by atoms with van der Waals surface area (Å²) >= 11 is 0. The van der Waals surface area contributed by atoms with Crippen LogP contribution < -0.4 is 4.74 Å². The number of benzene rings is 2. The predicted molar refractivity (Wildman–Crippen MR) is 96.3 cm³/mol. The van der Waals surface area contributed by atoms with Crippen molar-refractivity contribution >= 4 is 12.0 Å². The molecule has 0 aromatic heterocycles. The Balaban J connectivity index is 1.37. The molecule has 0 saturated carbocycles. The molecule has 0 N–H and O–H groups in total. The molecule has 2 aromatic carbocycles. The Morgan fingerprint density at radius 1 is 1.12 bits per heavy atom. The van der Waals surface area contributed by atoms with E-state index in [1.54, 1.807) is 0 Å². The van der Waals surface area contributed by atoms with Gasteiger partial charge >= 0.3 is 0 Å². The van der Waals surface area contributed by atoms with Gasteiger partial charge in [-0.05, 0) is 23.6 Å². The van der Waals surface area contributed by atoms with E-state index in [-0.39, 0.29) is 18.6 Å². The molecule has 1 saturated heterocycles. The second-order valence-electron chi connectivity index (χ2n) is 6.43. The number of allylic oxidation sites excluding steroid dienone is 1. The second-order valence-corrected chi connectivity index (χ2v) is 6.43. The molecule has 4 rings (SSSR count). The minimum absolute atomic E-state index is 0.0323. The topological polar surface area (TPSA) is 38.8 Å². The van der Waals surface area contributed by atoms with Crippen LogP contribution in [-0.4, -0.2) is 36.7 Å². The standard InChI is InChI=1S/C21H21NO3/c23-21-15-24-18(13-22(21)12-16-6-2-1-3-7-16)14-25-20-11-5-9-17-8-4-10-19(17)20/h1-9,11,18H,10,12-15H2. The van der Waals surface area contributed by atoms with Crippen molar-refractivity contribution in [3.05, 3.63) is 71.3 Å². The number of carbonyl (C=O) groups is 1. The lowest BCUT2D eigenvalue weighted by atomic mass is 10.1. The SMILES string of the molecule is O=C1COC(COc2cccc3c2CC=C3)CN1Cc1ccccc1. The van der Waals surface area contributed by atoms with Gasteiger partial charge in [0.15, 0.2) is 0 Å². The van der Waals surface area contributed by atoms with Gasteiger partial charge in [0.2, 0.25) is 5.91 Å². The van der Waals surface area contributed by atoms with Crippen molar-refractivity contribution in [2.75, 3.05) is 19.8 Å². The quantitative estimate of drug-likeness (QED) is 0.843. The number of carbonyl (C=O) groups excluding carboxylic acids is 1. The van der Waals surface area contributed by atoms with Crippen molar-refractivity contribution in [3.8, 4) is 5.75 Å². The van der Waals surface area contributed by atoms with Gasteiger partial charge in [0, 0.05) is 12.1 Å². The molecule has 2 aromatic rings. The normalized spacial score (nSPS) is 19.1. The third-order valence-corrected chi connectivity index (χ3v) is 4.65. The smallest absolute Gasteiger partial charge is 0.248 e. The highest BCUT2D eigenvalue weighted by Gasteiger charge is 2.27. The molecule has 2 aliphatic rings. The second kappa shape index (κ2) is 7.11. The fraction of sp³-hybridized carbons (Fsp3) is 0.286. The van der Waals surface area contributed by atoms with Gasteiger partial charge in [-0.3, -0.25) is 4.79 Å². The van der Waals surface area contributed by atoms with Gasteiger partial charge in [0.05, 0.1) is 6.54 Å². The van der Waals surface area contributed by atoms with E-state index in [9.17, 15) is 4.79 Å². The summed E-state index contributed by atoms with van der Waals surface area (Å²) in [4.78, 5) is 14.0. The van der Waals surface area contributed by atoms with Crippen LogP contribution in [0, 0.1) is 0 Å². The third kappa shape index (κ3) is 3.59. The first kappa shape index (κ1) is 15.9. The molecule has 0 bridgehead atoms. The van der Waals surface area contributed by atoms with Crippen molar-refractivity contribution in [1.82, 2.24) is 4.90 Å². The van der Waals surface area contributed by atoms with Crippen LogP contribution in [0.2, 0.25) is 0 Å². The van der Waals surface area contributed by atoms with Crippen LogP contribution in [-0.2, 0) is 22.5 Å². The summed E-state index contributed by atoms with van der Waals surface area (Å²) < 4.78 is 11.7.